The van der Waals surface area contributed by atoms with Crippen LogP contribution in [-0.2, 0) is 22.4 Å². The highest BCUT2D eigenvalue weighted by atomic mass is 32.2. The summed E-state index contributed by atoms with van der Waals surface area (Å²) in [6.07, 6.45) is 4.88. The summed E-state index contributed by atoms with van der Waals surface area (Å²) in [5.74, 6) is 1.26. The van der Waals surface area contributed by atoms with Crippen molar-refractivity contribution in [1.29, 1.82) is 0 Å². The summed E-state index contributed by atoms with van der Waals surface area (Å²) in [4.78, 5) is 18.8. The highest BCUT2D eigenvalue weighted by Gasteiger charge is 2.26. The zero-order valence-electron chi connectivity index (χ0n) is 15.0. The fourth-order valence-electron chi connectivity index (χ4n) is 3.68. The number of ether oxygens (including phenoxy) is 1. The van der Waals surface area contributed by atoms with Crippen molar-refractivity contribution >= 4 is 50.7 Å². The maximum absolute atomic E-state index is 11.8. The van der Waals surface area contributed by atoms with Crippen LogP contribution in [0.3, 0.4) is 0 Å². The molecule has 10 heteroatoms. The summed E-state index contributed by atoms with van der Waals surface area (Å²) in [6.45, 7) is 4.48. The van der Waals surface area contributed by atoms with Gasteiger partial charge in [-0.2, -0.15) is 9.61 Å². The standard InChI is InChI=1S/C17H18N6O2S2/c1-3-25-12(24)7-26-17-21-20-16-22(17)15-13(14-18-8-19-23(14)16)10-5-4-9(2)6-11(10)27-15/h8-9H,3-7H2,1-2H3. The fraction of sp³-hybridized carbons (Fsp3) is 0.471. The molecule has 0 saturated carbocycles. The van der Waals surface area contributed by atoms with E-state index in [0.29, 0.717) is 23.5 Å². The van der Waals surface area contributed by atoms with E-state index in [1.165, 1.54) is 28.6 Å². The molecule has 0 spiro atoms. The summed E-state index contributed by atoms with van der Waals surface area (Å²) in [5, 5.41) is 14.8. The highest BCUT2D eigenvalue weighted by molar-refractivity contribution is 7.99. The number of hydrogen-bond donors (Lipinski definition) is 0. The molecule has 140 valence electrons. The lowest BCUT2D eigenvalue weighted by Crippen LogP contribution is -2.09. The van der Waals surface area contributed by atoms with Crippen LogP contribution in [0.5, 0.6) is 0 Å². The third kappa shape index (κ3) is 2.61. The van der Waals surface area contributed by atoms with Gasteiger partial charge in [-0.15, -0.1) is 21.5 Å². The first-order valence-corrected chi connectivity index (χ1v) is 10.8. The molecule has 1 aliphatic rings. The lowest BCUT2D eigenvalue weighted by molar-refractivity contribution is -0.139. The smallest absolute Gasteiger partial charge is 0.316 e. The molecule has 1 aliphatic carbocycles. The van der Waals surface area contributed by atoms with Crippen molar-refractivity contribution < 1.29 is 9.53 Å². The Labute approximate surface area is 162 Å². The monoisotopic (exact) mass is 402 g/mol. The SMILES string of the molecule is CCOC(=O)CSc1nnc2n3ncnc3c3c4c(sc3n12)CC(C)CC4. The van der Waals surface area contributed by atoms with Gasteiger partial charge >= 0.3 is 5.97 Å². The van der Waals surface area contributed by atoms with Crippen molar-refractivity contribution in [2.75, 3.05) is 12.4 Å². The molecule has 0 fully saturated rings. The lowest BCUT2D eigenvalue weighted by Gasteiger charge is -2.17. The molecule has 1 unspecified atom stereocenters. The molecule has 4 aromatic heterocycles. The van der Waals surface area contributed by atoms with Crippen LogP contribution in [-0.4, -0.2) is 47.5 Å². The molecule has 0 aliphatic heterocycles. The van der Waals surface area contributed by atoms with Gasteiger partial charge in [0.1, 0.15) is 11.2 Å². The van der Waals surface area contributed by atoms with Gasteiger partial charge in [0.15, 0.2) is 10.8 Å². The van der Waals surface area contributed by atoms with Crippen LogP contribution in [0.2, 0.25) is 0 Å². The van der Waals surface area contributed by atoms with Gasteiger partial charge < -0.3 is 4.74 Å². The zero-order chi connectivity index (χ0) is 18.5. The van der Waals surface area contributed by atoms with Crippen molar-refractivity contribution in [1.82, 2.24) is 29.2 Å². The maximum atomic E-state index is 11.8. The minimum atomic E-state index is -0.253. The molecule has 0 amide bonds. The van der Waals surface area contributed by atoms with E-state index in [1.54, 1.807) is 29.1 Å². The number of carbonyl (C=O) groups is 1. The maximum Gasteiger partial charge on any atom is 0.316 e. The molecular weight excluding hydrogens is 384 g/mol. The molecule has 1 atom stereocenters. The Morgan fingerprint density at radius 2 is 2.33 bits per heavy atom. The van der Waals surface area contributed by atoms with Gasteiger partial charge in [0.05, 0.1) is 17.7 Å². The third-order valence-corrected chi connectivity index (χ3v) is 7.04. The second-order valence-corrected chi connectivity index (χ2v) is 8.77. The molecular formula is C17H18N6O2S2. The van der Waals surface area contributed by atoms with Gasteiger partial charge in [-0.05, 0) is 37.7 Å². The number of thioether (sulfide) groups is 1. The predicted molar refractivity (Wildman–Crippen MR) is 103 cm³/mol. The van der Waals surface area contributed by atoms with Gasteiger partial charge in [-0.25, -0.2) is 9.38 Å². The van der Waals surface area contributed by atoms with Crippen LogP contribution in [0.1, 0.15) is 30.7 Å². The number of hydrogen-bond acceptors (Lipinski definition) is 8. The van der Waals surface area contributed by atoms with Crippen LogP contribution in [0, 0.1) is 5.92 Å². The van der Waals surface area contributed by atoms with Crippen molar-refractivity contribution in [3.8, 4) is 0 Å². The number of aromatic nitrogens is 6. The predicted octanol–water partition coefficient (Wildman–Crippen LogP) is 2.77. The fourth-order valence-corrected chi connectivity index (χ4v) is 5.97. The molecule has 8 nitrogen and oxygen atoms in total. The molecule has 5 rings (SSSR count). The Bertz CT molecular complexity index is 1180. The average molecular weight is 403 g/mol. The van der Waals surface area contributed by atoms with Gasteiger partial charge in [0.25, 0.3) is 5.78 Å². The second kappa shape index (κ2) is 6.45. The Kier molecular flexibility index (Phi) is 4.05. The van der Waals surface area contributed by atoms with Gasteiger partial charge in [0, 0.05) is 4.88 Å². The number of esters is 1. The average Bonchev–Trinajstić information content (AvgIpc) is 3.35. The highest BCUT2D eigenvalue weighted by Crippen LogP contribution is 2.40. The van der Waals surface area contributed by atoms with E-state index in [1.807, 2.05) is 4.40 Å². The lowest BCUT2D eigenvalue weighted by atomic mass is 9.89. The quantitative estimate of drug-likeness (QED) is 0.383. The Hall–Kier alpha value is -2.20. The van der Waals surface area contributed by atoms with Crippen molar-refractivity contribution in [3.05, 3.63) is 16.8 Å². The number of nitrogens with zero attached hydrogens (tertiary/aromatic N) is 6. The first-order chi connectivity index (χ1) is 13.2. The van der Waals surface area contributed by atoms with E-state index in [4.69, 9.17) is 4.74 Å². The number of carbonyl (C=O) groups excluding carboxylic acids is 1. The number of aryl methyl sites for hydroxylation is 1. The molecule has 0 N–H and O–H groups in total. The van der Waals surface area contributed by atoms with Crippen LogP contribution in [0.25, 0.3) is 21.6 Å². The molecule has 27 heavy (non-hydrogen) atoms. The van der Waals surface area contributed by atoms with E-state index in [9.17, 15) is 4.79 Å². The van der Waals surface area contributed by atoms with E-state index >= 15 is 0 Å². The molecule has 4 aromatic rings. The van der Waals surface area contributed by atoms with E-state index in [2.05, 4.69) is 27.2 Å². The molecule has 0 aromatic carbocycles. The van der Waals surface area contributed by atoms with E-state index in [-0.39, 0.29) is 11.7 Å². The molecule has 4 heterocycles. The van der Waals surface area contributed by atoms with Crippen LogP contribution in [0.4, 0.5) is 0 Å². The van der Waals surface area contributed by atoms with Gasteiger partial charge in [-0.3, -0.25) is 4.79 Å². The van der Waals surface area contributed by atoms with Gasteiger partial charge in [0.2, 0.25) is 0 Å². The first-order valence-electron chi connectivity index (χ1n) is 8.96. The van der Waals surface area contributed by atoms with Crippen molar-refractivity contribution in [2.24, 2.45) is 5.92 Å². The first kappa shape index (κ1) is 16.9. The molecule has 0 bridgehead atoms. The van der Waals surface area contributed by atoms with Crippen molar-refractivity contribution in [3.63, 3.8) is 0 Å². The number of rotatable bonds is 4. The van der Waals surface area contributed by atoms with E-state index < -0.39 is 0 Å². The summed E-state index contributed by atoms with van der Waals surface area (Å²) in [6, 6.07) is 0. The molecule has 0 radical (unpaired) electrons. The van der Waals surface area contributed by atoms with Crippen molar-refractivity contribution in [2.45, 2.75) is 38.3 Å². The van der Waals surface area contributed by atoms with E-state index in [0.717, 1.165) is 28.7 Å². The Morgan fingerprint density at radius 3 is 3.19 bits per heavy atom. The van der Waals surface area contributed by atoms with Crippen LogP contribution < -0.4 is 0 Å². The summed E-state index contributed by atoms with van der Waals surface area (Å²) >= 11 is 3.12. The topological polar surface area (TPSA) is 86.7 Å². The normalized spacial score (nSPS) is 17.0. The van der Waals surface area contributed by atoms with Gasteiger partial charge in [-0.1, -0.05) is 18.7 Å². The third-order valence-electron chi connectivity index (χ3n) is 4.90. The Morgan fingerprint density at radius 1 is 1.44 bits per heavy atom. The number of fused-ring (bicyclic) bond motifs is 8. The summed E-state index contributed by atoms with van der Waals surface area (Å²) < 4.78 is 8.79. The minimum Gasteiger partial charge on any atom is -0.465 e. The summed E-state index contributed by atoms with van der Waals surface area (Å²) in [5.41, 5.74) is 2.21. The largest absolute Gasteiger partial charge is 0.465 e. The van der Waals surface area contributed by atoms with Crippen LogP contribution >= 0.6 is 23.1 Å². The Balaban J connectivity index is 1.73. The summed E-state index contributed by atoms with van der Waals surface area (Å²) in [7, 11) is 0. The minimum absolute atomic E-state index is 0.202. The zero-order valence-corrected chi connectivity index (χ0v) is 16.6. The number of thiophene rings is 1. The second-order valence-electron chi connectivity index (χ2n) is 6.74. The molecule has 0 saturated heterocycles. The van der Waals surface area contributed by atoms with Crippen LogP contribution in [0.15, 0.2) is 11.5 Å².